The molecule has 6 nitrogen and oxygen atoms in total. The first kappa shape index (κ1) is 22.2. The van der Waals surface area contributed by atoms with E-state index in [2.05, 4.69) is 6.92 Å². The van der Waals surface area contributed by atoms with Crippen LogP contribution in [0.3, 0.4) is 0 Å². The van der Waals surface area contributed by atoms with Crippen LogP contribution in [0.25, 0.3) is 0 Å². The van der Waals surface area contributed by atoms with Gasteiger partial charge in [0.2, 0.25) is 0 Å². The second-order valence-corrected chi connectivity index (χ2v) is 5.52. The fraction of sp³-hybridized carbons (Fsp3) is 0.556. The van der Waals surface area contributed by atoms with E-state index >= 15 is 0 Å². The van der Waals surface area contributed by atoms with Gasteiger partial charge in [0.05, 0.1) is 32.0 Å². The van der Waals surface area contributed by atoms with Crippen LogP contribution in [0.5, 0.6) is 5.75 Å². The van der Waals surface area contributed by atoms with Gasteiger partial charge in [0.25, 0.3) is 0 Å². The largest absolute Gasteiger partial charge is 0.493 e. The number of rotatable bonds is 10. The van der Waals surface area contributed by atoms with Crippen molar-refractivity contribution in [3.05, 3.63) is 29.3 Å². The Morgan fingerprint density at radius 3 is 2.04 bits per heavy atom. The molecule has 0 saturated carbocycles. The van der Waals surface area contributed by atoms with Gasteiger partial charge in [-0.15, -0.1) is 0 Å². The third kappa shape index (κ3) is 6.78. The first-order valence-corrected chi connectivity index (χ1v) is 8.06. The molecule has 0 unspecified atom stereocenters. The molecule has 0 bridgehead atoms. The van der Waals surface area contributed by atoms with E-state index in [-0.39, 0.29) is 19.8 Å². The standard InChI is InChI=1S/C12H14O3.C6H14O3/c1-2-3-7-15-12-6-4-5-10(8-13)11(12)9-14;1-2-6(3-7,4-8)5-9/h4-6,8-9H,2-3,7H2,1H3;7-9H,2-5H2,1H3. The van der Waals surface area contributed by atoms with Crippen molar-refractivity contribution in [2.75, 3.05) is 26.4 Å². The zero-order valence-electron chi connectivity index (χ0n) is 14.4. The minimum absolute atomic E-state index is 0.156. The minimum atomic E-state index is -0.667. The highest BCUT2D eigenvalue weighted by atomic mass is 16.5. The summed E-state index contributed by atoms with van der Waals surface area (Å²) in [4.78, 5) is 21.5. The second-order valence-electron chi connectivity index (χ2n) is 5.52. The molecule has 6 heteroatoms. The number of aldehydes is 2. The predicted octanol–water partition coefficient (Wildman–Crippen LogP) is 1.85. The van der Waals surface area contributed by atoms with Crippen molar-refractivity contribution in [2.24, 2.45) is 5.41 Å². The highest BCUT2D eigenvalue weighted by Crippen LogP contribution is 2.20. The fourth-order valence-corrected chi connectivity index (χ4v) is 1.73. The summed E-state index contributed by atoms with van der Waals surface area (Å²) < 4.78 is 5.42. The Balaban J connectivity index is 0.000000506. The number of carbonyl (C=O) groups is 2. The number of aliphatic hydroxyl groups excluding tert-OH is 3. The molecule has 0 saturated heterocycles. The molecule has 0 aliphatic rings. The van der Waals surface area contributed by atoms with E-state index in [1.54, 1.807) is 18.2 Å². The van der Waals surface area contributed by atoms with E-state index in [0.717, 1.165) is 12.8 Å². The summed E-state index contributed by atoms with van der Waals surface area (Å²) in [6.07, 6.45) is 3.88. The number of aliphatic hydroxyl groups is 3. The van der Waals surface area contributed by atoms with E-state index in [1.165, 1.54) is 0 Å². The third-order valence-corrected chi connectivity index (χ3v) is 3.86. The SMILES string of the molecule is CCC(CO)(CO)CO.CCCCOc1cccc(C=O)c1C=O. The highest BCUT2D eigenvalue weighted by molar-refractivity contribution is 5.92. The van der Waals surface area contributed by atoms with Crippen molar-refractivity contribution in [3.8, 4) is 5.75 Å². The normalized spacial score (nSPS) is 10.5. The predicted molar refractivity (Wildman–Crippen MR) is 91.6 cm³/mol. The van der Waals surface area contributed by atoms with Gasteiger partial charge in [-0.1, -0.05) is 32.4 Å². The maximum Gasteiger partial charge on any atom is 0.154 e. The maximum absolute atomic E-state index is 10.8. The molecule has 1 aromatic carbocycles. The van der Waals surface area contributed by atoms with E-state index in [0.29, 0.717) is 42.5 Å². The lowest BCUT2D eigenvalue weighted by molar-refractivity contribution is 0.00304. The summed E-state index contributed by atoms with van der Waals surface area (Å²) in [6, 6.07) is 5.01. The smallest absolute Gasteiger partial charge is 0.154 e. The molecular formula is C18H28O6. The van der Waals surface area contributed by atoms with Crippen LogP contribution in [0, 0.1) is 5.41 Å². The molecule has 0 atom stereocenters. The van der Waals surface area contributed by atoms with Gasteiger partial charge >= 0.3 is 0 Å². The zero-order chi connectivity index (χ0) is 18.4. The zero-order valence-corrected chi connectivity index (χ0v) is 14.4. The molecule has 3 N–H and O–H groups in total. The molecular weight excluding hydrogens is 312 g/mol. The van der Waals surface area contributed by atoms with Crippen molar-refractivity contribution < 1.29 is 29.6 Å². The summed E-state index contributed by atoms with van der Waals surface area (Å²) in [7, 11) is 0. The summed E-state index contributed by atoms with van der Waals surface area (Å²) in [5.74, 6) is 0.489. The van der Waals surface area contributed by atoms with Crippen molar-refractivity contribution in [2.45, 2.75) is 33.1 Å². The van der Waals surface area contributed by atoms with E-state index < -0.39 is 5.41 Å². The number of ether oxygens (including phenoxy) is 1. The van der Waals surface area contributed by atoms with Gasteiger partial charge in [-0.2, -0.15) is 0 Å². The number of unbranched alkanes of at least 4 members (excludes halogenated alkanes) is 1. The average molecular weight is 340 g/mol. The number of carbonyl (C=O) groups excluding carboxylic acids is 2. The lowest BCUT2D eigenvalue weighted by Crippen LogP contribution is -2.32. The quantitative estimate of drug-likeness (QED) is 0.443. The molecule has 0 amide bonds. The van der Waals surface area contributed by atoms with Gasteiger partial charge in [-0.05, 0) is 18.9 Å². The lowest BCUT2D eigenvalue weighted by atomic mass is 9.88. The van der Waals surface area contributed by atoms with E-state index in [1.807, 2.05) is 6.92 Å². The van der Waals surface area contributed by atoms with Crippen LogP contribution in [0.2, 0.25) is 0 Å². The molecule has 136 valence electrons. The molecule has 0 radical (unpaired) electrons. The van der Waals surface area contributed by atoms with Crippen molar-refractivity contribution >= 4 is 12.6 Å². The van der Waals surface area contributed by atoms with Crippen LogP contribution in [-0.2, 0) is 0 Å². The van der Waals surface area contributed by atoms with Crippen LogP contribution in [0.15, 0.2) is 18.2 Å². The van der Waals surface area contributed by atoms with E-state index in [4.69, 9.17) is 20.1 Å². The van der Waals surface area contributed by atoms with Gasteiger partial charge in [0.1, 0.15) is 5.75 Å². The Morgan fingerprint density at radius 1 is 1.04 bits per heavy atom. The Kier molecular flexibility index (Phi) is 11.7. The monoisotopic (exact) mass is 340 g/mol. The first-order valence-electron chi connectivity index (χ1n) is 8.06. The maximum atomic E-state index is 10.8. The van der Waals surface area contributed by atoms with E-state index in [9.17, 15) is 9.59 Å². The average Bonchev–Trinajstić information content (AvgIpc) is 2.64. The summed E-state index contributed by atoms with van der Waals surface area (Å²) in [5.41, 5.74) is 0.0441. The summed E-state index contributed by atoms with van der Waals surface area (Å²) in [6.45, 7) is 3.98. The lowest BCUT2D eigenvalue weighted by Gasteiger charge is -2.24. The molecule has 1 rings (SSSR count). The number of hydrogen-bond acceptors (Lipinski definition) is 6. The van der Waals surface area contributed by atoms with Crippen molar-refractivity contribution in [1.29, 1.82) is 0 Å². The molecule has 0 spiro atoms. The van der Waals surface area contributed by atoms with Gasteiger partial charge in [0, 0.05) is 11.0 Å². The van der Waals surface area contributed by atoms with Gasteiger partial charge in [-0.3, -0.25) is 9.59 Å². The number of benzene rings is 1. The fourth-order valence-electron chi connectivity index (χ4n) is 1.73. The van der Waals surface area contributed by atoms with Crippen LogP contribution in [0.1, 0.15) is 53.8 Å². The number of hydrogen-bond donors (Lipinski definition) is 3. The molecule has 0 aliphatic carbocycles. The summed E-state index contributed by atoms with van der Waals surface area (Å²) in [5, 5.41) is 26.0. The molecule has 0 heterocycles. The van der Waals surface area contributed by atoms with Gasteiger partial charge in [-0.25, -0.2) is 0 Å². The molecule has 24 heavy (non-hydrogen) atoms. The van der Waals surface area contributed by atoms with Crippen LogP contribution >= 0.6 is 0 Å². The second kappa shape index (κ2) is 12.6. The molecule has 0 fully saturated rings. The topological polar surface area (TPSA) is 104 Å². The Bertz CT molecular complexity index is 465. The Morgan fingerprint density at radius 2 is 1.67 bits per heavy atom. The van der Waals surface area contributed by atoms with Gasteiger partial charge in [0.15, 0.2) is 12.6 Å². The highest BCUT2D eigenvalue weighted by Gasteiger charge is 2.24. The van der Waals surface area contributed by atoms with Crippen molar-refractivity contribution in [3.63, 3.8) is 0 Å². The molecule has 0 aromatic heterocycles. The summed E-state index contributed by atoms with van der Waals surface area (Å²) >= 11 is 0. The van der Waals surface area contributed by atoms with Crippen molar-refractivity contribution in [1.82, 2.24) is 0 Å². The molecule has 0 aliphatic heterocycles. The minimum Gasteiger partial charge on any atom is -0.493 e. The van der Waals surface area contributed by atoms with Crippen LogP contribution < -0.4 is 4.74 Å². The first-order chi connectivity index (χ1) is 11.6. The van der Waals surface area contributed by atoms with Crippen LogP contribution in [-0.4, -0.2) is 54.3 Å². The van der Waals surface area contributed by atoms with Crippen LogP contribution in [0.4, 0.5) is 0 Å². The van der Waals surface area contributed by atoms with Gasteiger partial charge < -0.3 is 20.1 Å². The Hall–Kier alpha value is -1.76. The molecule has 1 aromatic rings. The third-order valence-electron chi connectivity index (χ3n) is 3.86. The Labute approximate surface area is 143 Å².